The summed E-state index contributed by atoms with van der Waals surface area (Å²) >= 11 is 0. The molecule has 220 valence electrons. The van der Waals surface area contributed by atoms with Crippen LogP contribution in [0, 0.1) is 17.2 Å². The zero-order valence-corrected chi connectivity index (χ0v) is 24.7. The molecular weight excluding hydrogens is 518 g/mol. The Morgan fingerprint density at radius 2 is 1.71 bits per heavy atom. The molecule has 2 aromatic rings. The van der Waals surface area contributed by atoms with Crippen molar-refractivity contribution < 1.29 is 19.1 Å². The third kappa shape index (κ3) is 6.56. The third-order valence-corrected chi connectivity index (χ3v) is 8.43. The fourth-order valence-electron chi connectivity index (χ4n) is 6.52. The van der Waals surface area contributed by atoms with E-state index < -0.39 is 5.97 Å². The van der Waals surface area contributed by atoms with Gasteiger partial charge in [0.15, 0.2) is 5.69 Å². The second-order valence-corrected chi connectivity index (χ2v) is 12.0. The molecule has 2 N–H and O–H groups in total. The molecule has 1 aliphatic carbocycles. The Kier molecular flexibility index (Phi) is 8.92. The van der Waals surface area contributed by atoms with Crippen LogP contribution in [0.3, 0.4) is 0 Å². The summed E-state index contributed by atoms with van der Waals surface area (Å²) in [7, 11) is 2.14. The quantitative estimate of drug-likeness (QED) is 0.264. The minimum atomic E-state index is -0.514. The molecule has 0 spiro atoms. The molecule has 1 aromatic carbocycles. The van der Waals surface area contributed by atoms with Crippen LogP contribution in [0.15, 0.2) is 30.3 Å². The molecule has 2 unspecified atom stereocenters. The van der Waals surface area contributed by atoms with Gasteiger partial charge in [0.25, 0.3) is 5.91 Å². The van der Waals surface area contributed by atoms with E-state index in [2.05, 4.69) is 22.2 Å². The lowest BCUT2D eigenvalue weighted by molar-refractivity contribution is 0.0519. The molecule has 5 rings (SSSR count). The van der Waals surface area contributed by atoms with Gasteiger partial charge in [0, 0.05) is 43.3 Å². The zero-order chi connectivity index (χ0) is 29.1. The van der Waals surface area contributed by atoms with Crippen molar-refractivity contribution in [3.8, 4) is 11.1 Å². The van der Waals surface area contributed by atoms with Crippen LogP contribution in [0.1, 0.15) is 79.3 Å². The van der Waals surface area contributed by atoms with Gasteiger partial charge in [-0.25, -0.2) is 9.78 Å². The molecule has 3 aliphatic rings. The van der Waals surface area contributed by atoms with Gasteiger partial charge in [-0.2, -0.15) is 0 Å². The first-order chi connectivity index (χ1) is 19.7. The molecule has 9 nitrogen and oxygen atoms in total. The molecule has 1 saturated carbocycles. The third-order valence-electron chi connectivity index (χ3n) is 8.43. The number of nitrogens with one attached hydrogen (secondary N) is 2. The fraction of sp³-hybridized carbons (Fsp3) is 0.562. The summed E-state index contributed by atoms with van der Waals surface area (Å²) in [5.74, 6) is 1.07. The Labute approximate surface area is 243 Å². The van der Waals surface area contributed by atoms with Crippen molar-refractivity contribution in [1.29, 1.82) is 5.41 Å². The first kappa shape index (κ1) is 29.0. The number of nitrogens with zero attached hydrogens (tertiary/aromatic N) is 3. The maximum absolute atomic E-state index is 13.4. The highest BCUT2D eigenvalue weighted by Gasteiger charge is 2.40. The van der Waals surface area contributed by atoms with Gasteiger partial charge in [-0.1, -0.05) is 31.4 Å². The summed E-state index contributed by atoms with van der Waals surface area (Å²) in [6, 6.07) is 9.33. The lowest BCUT2D eigenvalue weighted by Gasteiger charge is -2.26. The molecule has 1 amide bonds. The summed E-state index contributed by atoms with van der Waals surface area (Å²) in [5.41, 5.74) is 2.73. The van der Waals surface area contributed by atoms with Crippen molar-refractivity contribution in [3.63, 3.8) is 0 Å². The number of hydrogen-bond acceptors (Lipinski definition) is 8. The van der Waals surface area contributed by atoms with E-state index in [1.54, 1.807) is 13.0 Å². The van der Waals surface area contributed by atoms with Crippen LogP contribution < -0.4 is 5.32 Å². The van der Waals surface area contributed by atoms with Gasteiger partial charge in [-0.15, -0.1) is 0 Å². The Morgan fingerprint density at radius 1 is 1.05 bits per heavy atom. The van der Waals surface area contributed by atoms with Crippen molar-refractivity contribution in [2.24, 2.45) is 11.8 Å². The summed E-state index contributed by atoms with van der Waals surface area (Å²) in [6.07, 6.45) is 5.26. The molecular formula is C32H43N5O4. The number of rotatable bonds is 8. The Hall–Kier alpha value is -3.46. The minimum Gasteiger partial charge on any atom is -0.475 e. The van der Waals surface area contributed by atoms with E-state index in [0.717, 1.165) is 57.4 Å². The number of hydrogen-bond donors (Lipinski definition) is 2. The summed E-state index contributed by atoms with van der Waals surface area (Å²) in [4.78, 5) is 35.2. The van der Waals surface area contributed by atoms with Gasteiger partial charge < -0.3 is 24.6 Å². The molecule has 2 atom stereocenters. The number of fused-ring (bicyclic) bond motifs is 1. The summed E-state index contributed by atoms with van der Waals surface area (Å²) in [6.45, 7) is 9.45. The number of likely N-dealkylation sites (tertiary alicyclic amines) is 2. The van der Waals surface area contributed by atoms with E-state index in [-0.39, 0.29) is 36.3 Å². The van der Waals surface area contributed by atoms with Crippen molar-refractivity contribution >= 4 is 23.6 Å². The van der Waals surface area contributed by atoms with Crippen LogP contribution in [0.5, 0.6) is 0 Å². The lowest BCUT2D eigenvalue weighted by atomic mass is 9.94. The normalized spacial score (nSPS) is 21.1. The van der Waals surface area contributed by atoms with Crippen LogP contribution in [-0.2, 0) is 9.47 Å². The van der Waals surface area contributed by atoms with Gasteiger partial charge in [-0.05, 0) is 76.3 Å². The van der Waals surface area contributed by atoms with Crippen LogP contribution in [0.25, 0.3) is 11.1 Å². The number of anilines is 1. The van der Waals surface area contributed by atoms with Gasteiger partial charge in [0.05, 0.1) is 18.3 Å². The SMILES string of the molecule is CCOC(=O)c1cc(-c2ccc(C(=O)N3CC4CN(C)CC4C3)cc2)c(C(=N)OC(C)C)c(NC2CCCCC2)n1. The Bertz CT molecular complexity index is 1260. The molecule has 1 aromatic heterocycles. The smallest absolute Gasteiger partial charge is 0.357 e. The van der Waals surface area contributed by atoms with Gasteiger partial charge >= 0.3 is 5.97 Å². The molecule has 0 radical (unpaired) electrons. The molecule has 2 aliphatic heterocycles. The average molecular weight is 562 g/mol. The molecule has 9 heteroatoms. The monoisotopic (exact) mass is 561 g/mol. The average Bonchev–Trinajstić information content (AvgIpc) is 3.50. The second kappa shape index (κ2) is 12.6. The maximum Gasteiger partial charge on any atom is 0.357 e. The number of aromatic nitrogens is 1. The first-order valence-electron chi connectivity index (χ1n) is 15.1. The van der Waals surface area contributed by atoms with E-state index in [4.69, 9.17) is 14.9 Å². The van der Waals surface area contributed by atoms with Gasteiger partial charge in [-0.3, -0.25) is 10.2 Å². The van der Waals surface area contributed by atoms with Crippen LogP contribution in [0.2, 0.25) is 0 Å². The van der Waals surface area contributed by atoms with Crippen molar-refractivity contribution in [2.75, 3.05) is 45.2 Å². The largest absolute Gasteiger partial charge is 0.475 e. The van der Waals surface area contributed by atoms with E-state index >= 15 is 0 Å². The fourth-order valence-corrected chi connectivity index (χ4v) is 6.52. The lowest BCUT2D eigenvalue weighted by Crippen LogP contribution is -2.32. The Morgan fingerprint density at radius 3 is 2.32 bits per heavy atom. The number of ether oxygens (including phenoxy) is 2. The van der Waals surface area contributed by atoms with E-state index in [9.17, 15) is 9.59 Å². The molecule has 3 heterocycles. The van der Waals surface area contributed by atoms with Crippen molar-refractivity contribution in [3.05, 3.63) is 47.2 Å². The van der Waals surface area contributed by atoms with Crippen molar-refractivity contribution in [2.45, 2.75) is 65.0 Å². The number of carbonyl (C=O) groups is 2. The van der Waals surface area contributed by atoms with Crippen LogP contribution in [-0.4, -0.2) is 84.5 Å². The molecule has 3 fully saturated rings. The minimum absolute atomic E-state index is 0.00931. The molecule has 41 heavy (non-hydrogen) atoms. The standard InChI is InChI=1S/C32H43N5O4/c1-5-40-32(39)27-15-26(28(29(33)41-20(2)3)30(35-27)34-25-9-7-6-8-10-25)21-11-13-22(14-12-21)31(38)37-18-23-16-36(4)17-24(23)19-37/h11-15,20,23-25,33H,5-10,16-19H2,1-4H3,(H,34,35). The Balaban J connectivity index is 1.49. The van der Waals surface area contributed by atoms with Crippen LogP contribution in [0.4, 0.5) is 5.82 Å². The number of amides is 1. The van der Waals surface area contributed by atoms with E-state index in [0.29, 0.717) is 34.3 Å². The van der Waals surface area contributed by atoms with E-state index in [1.807, 2.05) is 43.0 Å². The molecule has 2 saturated heterocycles. The van der Waals surface area contributed by atoms with E-state index in [1.165, 1.54) is 6.42 Å². The summed E-state index contributed by atoms with van der Waals surface area (Å²) in [5, 5.41) is 12.4. The highest BCUT2D eigenvalue weighted by Crippen LogP contribution is 2.34. The number of carbonyl (C=O) groups excluding carboxylic acids is 2. The summed E-state index contributed by atoms with van der Waals surface area (Å²) < 4.78 is 11.2. The predicted molar refractivity (Wildman–Crippen MR) is 160 cm³/mol. The maximum atomic E-state index is 13.4. The van der Waals surface area contributed by atoms with Gasteiger partial charge in [0.2, 0.25) is 5.90 Å². The van der Waals surface area contributed by atoms with Crippen LogP contribution >= 0.6 is 0 Å². The van der Waals surface area contributed by atoms with Gasteiger partial charge in [0.1, 0.15) is 5.82 Å². The number of benzene rings is 1. The highest BCUT2D eigenvalue weighted by molar-refractivity contribution is 6.05. The highest BCUT2D eigenvalue weighted by atomic mass is 16.5. The second-order valence-electron chi connectivity index (χ2n) is 12.0. The van der Waals surface area contributed by atoms with Crippen molar-refractivity contribution in [1.82, 2.24) is 14.8 Å². The molecule has 0 bridgehead atoms. The predicted octanol–water partition coefficient (Wildman–Crippen LogP) is 5.05. The zero-order valence-electron chi connectivity index (χ0n) is 24.7. The number of pyridine rings is 1. The topological polar surface area (TPSA) is 108 Å². The number of esters is 1. The first-order valence-corrected chi connectivity index (χ1v) is 15.1.